The minimum atomic E-state index is -4.33. The molecule has 2 amide bonds. The molecule has 2 N–H and O–H groups in total. The quantitative estimate of drug-likeness (QED) is 0.147. The van der Waals surface area contributed by atoms with Crippen molar-refractivity contribution >= 4 is 51.1 Å². The Bertz CT molecular complexity index is 1920. The van der Waals surface area contributed by atoms with Gasteiger partial charge in [0.25, 0.3) is 11.4 Å². The Labute approximate surface area is 295 Å². The second-order valence-corrected chi connectivity index (χ2v) is 17.7. The number of amides is 2. The number of hydrogen-bond acceptors (Lipinski definition) is 8. The number of nitro groups is 1. The van der Waals surface area contributed by atoms with E-state index in [0.29, 0.717) is 22.4 Å². The molecule has 11 nitrogen and oxygen atoms in total. The summed E-state index contributed by atoms with van der Waals surface area (Å²) in [7, 11) is 3.11. The Kier molecular flexibility index (Phi) is 10.8. The number of methoxy groups -OCH3 is 1. The number of hydrogen-bond donors (Lipinski definition) is 2. The molecule has 8 atom stereocenters. The topological polar surface area (TPSA) is 156 Å². The van der Waals surface area contributed by atoms with Crippen LogP contribution in [0.2, 0.25) is 0 Å². The second kappa shape index (κ2) is 14.3. The number of nitrogens with one attached hydrogen (secondary N) is 1. The molecule has 4 unspecified atom stereocenters. The molecule has 0 spiro atoms. The lowest BCUT2D eigenvalue weighted by Crippen LogP contribution is -2.49. The lowest BCUT2D eigenvalue weighted by atomic mass is 9.82. The van der Waals surface area contributed by atoms with Crippen molar-refractivity contribution < 1.29 is 37.2 Å². The van der Waals surface area contributed by atoms with Crippen LogP contribution in [0.15, 0.2) is 65.6 Å². The molecule has 0 heterocycles. The lowest BCUT2D eigenvalue weighted by Gasteiger charge is -2.37. The minimum Gasteiger partial charge on any atom is -0.496 e. The van der Waals surface area contributed by atoms with Gasteiger partial charge in [-0.25, -0.2) is 12.8 Å². The van der Waals surface area contributed by atoms with E-state index >= 15 is 0 Å². The largest absolute Gasteiger partial charge is 0.496 e. The van der Waals surface area contributed by atoms with Crippen molar-refractivity contribution in [1.29, 1.82) is 0 Å². The molecule has 0 radical (unpaired) electrons. The Morgan fingerprint density at radius 2 is 1.80 bits per heavy atom. The summed E-state index contributed by atoms with van der Waals surface area (Å²) < 4.78 is 42.9. The zero-order valence-electron chi connectivity index (χ0n) is 28.3. The van der Waals surface area contributed by atoms with Gasteiger partial charge in [-0.2, -0.15) is 0 Å². The number of anilines is 1. The zero-order valence-corrected chi connectivity index (χ0v) is 31.4. The molecule has 2 saturated carbocycles. The van der Waals surface area contributed by atoms with Crippen LogP contribution in [-0.2, 0) is 20.2 Å². The normalized spacial score (nSPS) is 22.3. The third kappa shape index (κ3) is 6.65. The van der Waals surface area contributed by atoms with Crippen LogP contribution in [0, 0.1) is 27.9 Å². The van der Waals surface area contributed by atoms with E-state index in [2.05, 4.69) is 14.6 Å². The highest BCUT2D eigenvalue weighted by molar-refractivity contribution is 7.96. The monoisotopic (exact) mass is 745 g/mol. The van der Waals surface area contributed by atoms with E-state index in [4.69, 9.17) is 4.74 Å². The predicted octanol–water partition coefficient (Wildman–Crippen LogP) is 5.15. The fraction of sp³-hybridized carbons (Fsp3) is 0.429. The number of benzene rings is 3. The highest BCUT2D eigenvalue weighted by Crippen LogP contribution is 2.51. The van der Waals surface area contributed by atoms with E-state index in [9.17, 15) is 37.6 Å². The summed E-state index contributed by atoms with van der Waals surface area (Å²) in [5.41, 5.74) is 0.600. The highest BCUT2D eigenvalue weighted by Gasteiger charge is 2.53. The van der Waals surface area contributed by atoms with E-state index in [0.717, 1.165) is 31.5 Å². The maximum atomic E-state index is 14.5. The summed E-state index contributed by atoms with van der Waals surface area (Å²) >= 11 is 0. The van der Waals surface area contributed by atoms with Crippen LogP contribution in [0.1, 0.15) is 55.5 Å². The summed E-state index contributed by atoms with van der Waals surface area (Å²) in [5.74, 6) is -0.837. The van der Waals surface area contributed by atoms with E-state index in [1.54, 1.807) is 70.6 Å². The van der Waals surface area contributed by atoms with Crippen molar-refractivity contribution in [1.82, 2.24) is 4.90 Å². The molecule has 15 heteroatoms. The molecule has 2 aliphatic rings. The number of carbonyl (C=O) groups is 2. The van der Waals surface area contributed by atoms with Gasteiger partial charge in [-0.15, -0.1) is 9.24 Å². The Morgan fingerprint density at radius 3 is 2.38 bits per heavy atom. The van der Waals surface area contributed by atoms with Gasteiger partial charge in [0, 0.05) is 35.7 Å². The molecular formula is C35H42FN3O8P2S. The van der Waals surface area contributed by atoms with Gasteiger partial charge in [0.15, 0.2) is 0 Å². The maximum Gasteiger partial charge on any atom is 0.269 e. The van der Waals surface area contributed by atoms with Gasteiger partial charge in [-0.1, -0.05) is 46.5 Å². The maximum absolute atomic E-state index is 14.5. The summed E-state index contributed by atoms with van der Waals surface area (Å²) in [5, 5.41) is 25.3. The molecule has 50 heavy (non-hydrogen) atoms. The zero-order chi connectivity index (χ0) is 36.8. The summed E-state index contributed by atoms with van der Waals surface area (Å²) in [4.78, 5) is 40.9. The Morgan fingerprint density at radius 1 is 1.14 bits per heavy atom. The smallest absolute Gasteiger partial charge is 0.269 e. The molecule has 3 aromatic rings. The van der Waals surface area contributed by atoms with Gasteiger partial charge in [-0.3, -0.25) is 19.7 Å². The van der Waals surface area contributed by atoms with Gasteiger partial charge < -0.3 is 20.1 Å². The summed E-state index contributed by atoms with van der Waals surface area (Å²) in [6, 6.07) is 15.1. The van der Waals surface area contributed by atoms with Crippen LogP contribution in [-0.4, -0.2) is 66.7 Å². The molecule has 2 aliphatic carbocycles. The summed E-state index contributed by atoms with van der Waals surface area (Å²) in [6.07, 6.45) is 2.54. The minimum absolute atomic E-state index is 0.0204. The SMILES string of the molecule is CCC(CO)(c1ccc(-c2cc(C(=O)N(C)[C@@H]3[C@H]4CC[C@@H](C4)[C@@H]3C(=O)Nc3cccc(S(=O)(=O)C(C)(F)P)c3)c(OC)cc2P)cc1)[N+](=O)[O-]. The van der Waals surface area contributed by atoms with Crippen LogP contribution < -0.4 is 15.4 Å². The first-order valence-corrected chi connectivity index (χ1v) is 18.9. The van der Waals surface area contributed by atoms with Gasteiger partial charge >= 0.3 is 0 Å². The van der Waals surface area contributed by atoms with Gasteiger partial charge in [-0.05, 0) is 84.8 Å². The third-order valence-electron chi connectivity index (χ3n) is 10.4. The van der Waals surface area contributed by atoms with Crippen molar-refractivity contribution in [3.05, 3.63) is 81.9 Å². The number of halogens is 1. The van der Waals surface area contributed by atoms with E-state index < -0.39 is 43.6 Å². The number of fused-ring (bicyclic) bond motifs is 2. The average Bonchev–Trinajstić information content (AvgIpc) is 3.71. The van der Waals surface area contributed by atoms with Crippen LogP contribution in [0.5, 0.6) is 5.75 Å². The fourth-order valence-corrected chi connectivity index (χ4v) is 9.36. The van der Waals surface area contributed by atoms with E-state index in [-0.39, 0.29) is 46.2 Å². The average molecular weight is 746 g/mol. The predicted molar refractivity (Wildman–Crippen MR) is 196 cm³/mol. The van der Waals surface area contributed by atoms with Crippen molar-refractivity contribution in [2.24, 2.45) is 17.8 Å². The fourth-order valence-electron chi connectivity index (χ4n) is 7.55. The Hall–Kier alpha value is -3.50. The number of aliphatic hydroxyl groups excluding tert-OH is 1. The van der Waals surface area contributed by atoms with E-state index in [1.807, 2.05) is 0 Å². The molecular weight excluding hydrogens is 703 g/mol. The van der Waals surface area contributed by atoms with Crippen LogP contribution in [0.25, 0.3) is 11.1 Å². The second-order valence-electron chi connectivity index (χ2n) is 13.3. The summed E-state index contributed by atoms with van der Waals surface area (Å²) in [6.45, 7) is 1.93. The van der Waals surface area contributed by atoms with Gasteiger partial charge in [0.2, 0.25) is 20.5 Å². The first-order chi connectivity index (χ1) is 23.5. The third-order valence-corrected chi connectivity index (χ3v) is 13.7. The number of rotatable bonds is 12. The first-order valence-electron chi connectivity index (χ1n) is 16.2. The van der Waals surface area contributed by atoms with Crippen molar-refractivity contribution in [2.75, 3.05) is 26.1 Å². The van der Waals surface area contributed by atoms with Crippen molar-refractivity contribution in [3.63, 3.8) is 0 Å². The number of ether oxygens (including phenoxy) is 1. The van der Waals surface area contributed by atoms with Crippen LogP contribution >= 0.6 is 18.5 Å². The molecule has 0 saturated heterocycles. The molecule has 3 aromatic carbocycles. The highest BCUT2D eigenvalue weighted by atomic mass is 32.2. The van der Waals surface area contributed by atoms with Crippen molar-refractivity contribution in [3.8, 4) is 16.9 Å². The number of aliphatic hydroxyl groups is 1. The number of carbonyl (C=O) groups excluding carboxylic acids is 2. The number of alkyl halides is 1. The van der Waals surface area contributed by atoms with Gasteiger partial charge in [0.1, 0.15) is 12.4 Å². The molecule has 0 aliphatic heterocycles. The van der Waals surface area contributed by atoms with Crippen LogP contribution in [0.3, 0.4) is 0 Å². The number of sulfone groups is 1. The Balaban J connectivity index is 1.44. The first kappa shape index (κ1) is 37.7. The van der Waals surface area contributed by atoms with Crippen molar-refractivity contribution in [2.45, 2.75) is 60.7 Å². The molecule has 5 rings (SSSR count). The molecule has 0 aromatic heterocycles. The standard InChI is InChI=1S/C35H42FN3O8P2S/c1-5-35(19-40,39(43)44)23-13-11-20(12-14-23)26-17-27(28(47-4)18-29(26)48)33(42)38(3)31-22-10-9-21(15-22)30(31)32(41)37-24-7-6-8-25(16-24)50(45,46)34(2,36)49/h6-8,11-14,16-18,21-22,30-31,40H,5,9-10,15,19,48-49H2,1-4H3,(H,37,41)/t21-,22-,30-,31+,34?,35?/m0/s1. The van der Waals surface area contributed by atoms with Gasteiger partial charge in [0.05, 0.1) is 23.5 Å². The molecule has 2 fully saturated rings. The van der Waals surface area contributed by atoms with Crippen LogP contribution in [0.4, 0.5) is 10.1 Å². The molecule has 2 bridgehead atoms. The van der Waals surface area contributed by atoms with E-state index in [1.165, 1.54) is 25.3 Å². The number of nitrogens with zero attached hydrogens (tertiary/aromatic N) is 2. The lowest BCUT2D eigenvalue weighted by molar-refractivity contribution is -0.584. The molecule has 268 valence electrons.